The second-order valence-electron chi connectivity index (χ2n) is 6.75. The van der Waals surface area contributed by atoms with Gasteiger partial charge in [-0.1, -0.05) is 77.6 Å². The molecule has 1 heterocycles. The Morgan fingerprint density at radius 1 is 0.944 bits per heavy atom. The Bertz CT molecular complexity index is 420. The van der Waals surface area contributed by atoms with Gasteiger partial charge in [0.2, 0.25) is 0 Å². The van der Waals surface area contributed by atoms with Gasteiger partial charge in [0.05, 0.1) is 0 Å². The highest BCUT2D eigenvalue weighted by Gasteiger charge is 2.42. The minimum atomic E-state index is 0.0798. The fraction of sp³-hybridized carbons (Fsp3) is 0.529. The standard InChI is InChI=1S/C17H25P/c1-16(2)12-15(13-17(3,4)18(16)5)11-14-9-7-6-8-10-14/h6-11H,12-13H2,1-5H3. The van der Waals surface area contributed by atoms with Gasteiger partial charge in [-0.25, -0.2) is 0 Å². The molecule has 0 amide bonds. The summed E-state index contributed by atoms with van der Waals surface area (Å²) in [5.74, 6) is 0. The van der Waals surface area contributed by atoms with E-state index < -0.39 is 0 Å². The minimum Gasteiger partial charge on any atom is -0.0976 e. The third-order valence-corrected chi connectivity index (χ3v) is 8.25. The topological polar surface area (TPSA) is 0 Å². The largest absolute Gasteiger partial charge is 0.0976 e. The summed E-state index contributed by atoms with van der Waals surface area (Å²) >= 11 is 0. The third-order valence-electron chi connectivity index (χ3n) is 4.31. The molecule has 0 aliphatic carbocycles. The smallest absolute Gasteiger partial charge is 0.0111 e. The lowest BCUT2D eigenvalue weighted by molar-refractivity contribution is 0.557. The molecule has 1 aliphatic rings. The van der Waals surface area contributed by atoms with Crippen molar-refractivity contribution >= 4 is 14.0 Å². The summed E-state index contributed by atoms with van der Waals surface area (Å²) in [4.78, 5) is 0. The van der Waals surface area contributed by atoms with Crippen LogP contribution >= 0.6 is 7.92 Å². The van der Waals surface area contributed by atoms with Crippen LogP contribution in [0.15, 0.2) is 35.9 Å². The zero-order chi connectivity index (χ0) is 13.4. The first-order valence-electron chi connectivity index (χ1n) is 6.80. The minimum absolute atomic E-state index is 0.0798. The van der Waals surface area contributed by atoms with Crippen LogP contribution < -0.4 is 0 Å². The van der Waals surface area contributed by atoms with Crippen molar-refractivity contribution in [2.75, 3.05) is 6.66 Å². The van der Waals surface area contributed by atoms with Gasteiger partial charge in [0.1, 0.15) is 0 Å². The maximum atomic E-state index is 2.48. The highest BCUT2D eigenvalue weighted by atomic mass is 31.1. The van der Waals surface area contributed by atoms with E-state index in [9.17, 15) is 0 Å². The molecule has 1 fully saturated rings. The van der Waals surface area contributed by atoms with Crippen molar-refractivity contribution in [1.82, 2.24) is 0 Å². The fourth-order valence-corrected chi connectivity index (χ4v) is 5.64. The molecular formula is C17H25P. The van der Waals surface area contributed by atoms with E-state index in [0.717, 1.165) is 0 Å². The summed E-state index contributed by atoms with van der Waals surface area (Å²) in [5.41, 5.74) is 2.97. The first-order chi connectivity index (χ1) is 8.31. The van der Waals surface area contributed by atoms with Gasteiger partial charge in [-0.3, -0.25) is 0 Å². The molecule has 1 aromatic carbocycles. The molecular weight excluding hydrogens is 235 g/mol. The molecule has 98 valence electrons. The molecule has 1 aromatic rings. The zero-order valence-corrected chi connectivity index (χ0v) is 13.2. The maximum absolute atomic E-state index is 2.48. The van der Waals surface area contributed by atoms with Crippen LogP contribution in [0.2, 0.25) is 0 Å². The number of rotatable bonds is 1. The van der Waals surface area contributed by atoms with E-state index in [-0.39, 0.29) is 7.92 Å². The van der Waals surface area contributed by atoms with Crippen LogP contribution in [0.25, 0.3) is 6.08 Å². The van der Waals surface area contributed by atoms with Crippen molar-refractivity contribution in [1.29, 1.82) is 0 Å². The monoisotopic (exact) mass is 260 g/mol. The number of hydrogen-bond acceptors (Lipinski definition) is 0. The molecule has 2 rings (SSSR count). The average Bonchev–Trinajstić information content (AvgIpc) is 2.26. The van der Waals surface area contributed by atoms with Gasteiger partial charge < -0.3 is 0 Å². The zero-order valence-electron chi connectivity index (χ0n) is 12.3. The van der Waals surface area contributed by atoms with Crippen LogP contribution in [0.4, 0.5) is 0 Å². The Hall–Kier alpha value is -0.610. The van der Waals surface area contributed by atoms with Crippen LogP contribution in [0.1, 0.15) is 46.1 Å². The predicted molar refractivity (Wildman–Crippen MR) is 84.7 cm³/mol. The molecule has 1 saturated heterocycles. The Balaban J connectivity index is 2.29. The summed E-state index contributed by atoms with van der Waals surface area (Å²) < 4.78 is 0. The van der Waals surface area contributed by atoms with Gasteiger partial charge in [-0.2, -0.15) is 0 Å². The summed E-state index contributed by atoms with van der Waals surface area (Å²) in [6, 6.07) is 10.7. The van der Waals surface area contributed by atoms with Gasteiger partial charge in [0, 0.05) is 0 Å². The summed E-state index contributed by atoms with van der Waals surface area (Å²) in [5, 5.41) is 0.940. The molecule has 1 heteroatoms. The van der Waals surface area contributed by atoms with E-state index in [2.05, 4.69) is 70.8 Å². The van der Waals surface area contributed by atoms with E-state index in [1.165, 1.54) is 18.4 Å². The van der Waals surface area contributed by atoms with Crippen molar-refractivity contribution in [3.8, 4) is 0 Å². The van der Waals surface area contributed by atoms with Crippen LogP contribution in [0, 0.1) is 0 Å². The van der Waals surface area contributed by atoms with Crippen LogP contribution in [-0.2, 0) is 0 Å². The molecule has 1 aliphatic heterocycles. The quantitative estimate of drug-likeness (QED) is 0.582. The summed E-state index contributed by atoms with van der Waals surface area (Å²) in [6.45, 7) is 12.3. The molecule has 0 N–H and O–H groups in total. The highest BCUT2D eigenvalue weighted by Crippen LogP contribution is 2.64. The van der Waals surface area contributed by atoms with Gasteiger partial charge in [0.15, 0.2) is 0 Å². The normalized spacial score (nSPS) is 25.8. The molecule has 0 saturated carbocycles. The lowest BCUT2D eigenvalue weighted by Crippen LogP contribution is -2.35. The molecule has 0 aromatic heterocycles. The van der Waals surface area contributed by atoms with E-state index in [4.69, 9.17) is 0 Å². The molecule has 0 spiro atoms. The van der Waals surface area contributed by atoms with E-state index in [1.54, 1.807) is 5.57 Å². The van der Waals surface area contributed by atoms with Crippen LogP contribution in [0.5, 0.6) is 0 Å². The Morgan fingerprint density at radius 3 is 1.94 bits per heavy atom. The van der Waals surface area contributed by atoms with Gasteiger partial charge >= 0.3 is 0 Å². The second kappa shape index (κ2) is 4.82. The third kappa shape index (κ3) is 2.86. The van der Waals surface area contributed by atoms with E-state index in [0.29, 0.717) is 10.3 Å². The lowest BCUT2D eigenvalue weighted by atomic mass is 9.91. The molecule has 0 radical (unpaired) electrons. The molecule has 18 heavy (non-hydrogen) atoms. The van der Waals surface area contributed by atoms with Gasteiger partial charge in [-0.05, 0) is 35.4 Å². The second-order valence-corrected chi connectivity index (χ2v) is 10.3. The number of benzene rings is 1. The van der Waals surface area contributed by atoms with Crippen LogP contribution in [0.3, 0.4) is 0 Å². The molecule has 0 atom stereocenters. The van der Waals surface area contributed by atoms with Crippen molar-refractivity contribution < 1.29 is 0 Å². The first-order valence-corrected chi connectivity index (χ1v) is 8.59. The highest BCUT2D eigenvalue weighted by molar-refractivity contribution is 7.60. The van der Waals surface area contributed by atoms with Gasteiger partial charge in [0.25, 0.3) is 0 Å². The van der Waals surface area contributed by atoms with Crippen molar-refractivity contribution in [2.45, 2.75) is 50.8 Å². The fourth-order valence-electron chi connectivity index (χ4n) is 3.12. The van der Waals surface area contributed by atoms with E-state index >= 15 is 0 Å². The summed E-state index contributed by atoms with van der Waals surface area (Å²) in [7, 11) is 0.0798. The number of allylic oxidation sites excluding steroid dienone is 1. The van der Waals surface area contributed by atoms with E-state index in [1.807, 2.05) is 0 Å². The van der Waals surface area contributed by atoms with Crippen molar-refractivity contribution in [3.05, 3.63) is 41.5 Å². The van der Waals surface area contributed by atoms with Crippen molar-refractivity contribution in [2.24, 2.45) is 0 Å². The lowest BCUT2D eigenvalue weighted by Gasteiger charge is -2.49. The molecule has 0 nitrogen and oxygen atoms in total. The van der Waals surface area contributed by atoms with Crippen LogP contribution in [-0.4, -0.2) is 17.0 Å². The average molecular weight is 260 g/mol. The predicted octanol–water partition coefficient (Wildman–Crippen LogP) is 5.53. The summed E-state index contributed by atoms with van der Waals surface area (Å²) in [6.07, 6.45) is 4.92. The Kier molecular flexibility index (Phi) is 3.70. The Morgan fingerprint density at radius 2 is 1.44 bits per heavy atom. The van der Waals surface area contributed by atoms with Crippen molar-refractivity contribution in [3.63, 3.8) is 0 Å². The maximum Gasteiger partial charge on any atom is -0.0111 e. The first kappa shape index (κ1) is 13.8. The number of hydrogen-bond donors (Lipinski definition) is 0. The van der Waals surface area contributed by atoms with Gasteiger partial charge in [-0.15, -0.1) is 0 Å². The Labute approximate surface area is 113 Å². The SMILES string of the molecule is CP1C(C)(C)CC(=Cc2ccccc2)CC1(C)C. The molecule has 0 bridgehead atoms. The molecule has 0 unspecified atom stereocenters.